The number of rotatable bonds is 6. The van der Waals surface area contributed by atoms with Crippen LogP contribution in [0, 0.1) is 5.82 Å². The molecular formula is C15H18Cl2FN5O. The number of halogens is 3. The maximum atomic E-state index is 14.7. The van der Waals surface area contributed by atoms with E-state index >= 15 is 0 Å². The van der Waals surface area contributed by atoms with Gasteiger partial charge in [-0.05, 0) is 30.2 Å². The summed E-state index contributed by atoms with van der Waals surface area (Å²) < 4.78 is 20.0. The number of fused-ring (bicyclic) bond motifs is 1. The minimum absolute atomic E-state index is 0. The number of aromatic nitrogens is 3. The van der Waals surface area contributed by atoms with Crippen LogP contribution in [0.1, 0.15) is 24.8 Å². The zero-order chi connectivity index (χ0) is 16.4. The quantitative estimate of drug-likeness (QED) is 0.573. The van der Waals surface area contributed by atoms with Crippen molar-refractivity contribution in [3.05, 3.63) is 41.0 Å². The predicted octanol–water partition coefficient (Wildman–Crippen LogP) is 3.66. The molecule has 0 saturated carbocycles. The third-order valence-corrected chi connectivity index (χ3v) is 3.81. The summed E-state index contributed by atoms with van der Waals surface area (Å²) in [6.07, 6.45) is 2.72. The molecule has 0 radical (unpaired) electrons. The third-order valence-electron chi connectivity index (χ3n) is 3.64. The molecular weight excluding hydrogens is 356 g/mol. The molecule has 0 spiro atoms. The van der Waals surface area contributed by atoms with Crippen molar-refractivity contribution in [2.75, 3.05) is 5.32 Å². The first-order valence-electron chi connectivity index (χ1n) is 7.34. The predicted molar refractivity (Wildman–Crippen MR) is 94.1 cm³/mol. The standard InChI is InChI=1S/C15H17ClFN5O.ClH/c1-2-8(18)6-10-12(17)11-13(19-7-9-4-3-5-23-9)21-15(16)22-14(11)20-10;/h3-5,8H,2,6-7,18H2,1H3,(H2,19,20,21,22);1H/t8-;/m0./s1. The third kappa shape index (κ3) is 3.80. The van der Waals surface area contributed by atoms with Crippen molar-refractivity contribution in [2.24, 2.45) is 5.73 Å². The van der Waals surface area contributed by atoms with E-state index in [1.165, 1.54) is 0 Å². The molecule has 0 unspecified atom stereocenters. The van der Waals surface area contributed by atoms with Crippen molar-refractivity contribution in [1.29, 1.82) is 0 Å². The molecule has 0 bridgehead atoms. The van der Waals surface area contributed by atoms with E-state index in [0.717, 1.165) is 6.42 Å². The Balaban J connectivity index is 0.00000208. The van der Waals surface area contributed by atoms with Gasteiger partial charge in [0.05, 0.1) is 23.9 Å². The Bertz CT molecular complexity index is 806. The minimum atomic E-state index is -0.400. The molecule has 24 heavy (non-hydrogen) atoms. The van der Waals surface area contributed by atoms with Crippen LogP contribution in [0.4, 0.5) is 10.2 Å². The molecule has 3 heterocycles. The van der Waals surface area contributed by atoms with Crippen LogP contribution in [-0.4, -0.2) is 21.0 Å². The smallest absolute Gasteiger partial charge is 0.226 e. The molecule has 3 rings (SSSR count). The molecule has 3 aromatic rings. The van der Waals surface area contributed by atoms with Gasteiger partial charge in [-0.1, -0.05) is 6.92 Å². The first-order chi connectivity index (χ1) is 11.1. The molecule has 9 heteroatoms. The summed E-state index contributed by atoms with van der Waals surface area (Å²) in [5, 5.41) is 3.34. The Morgan fingerprint density at radius 3 is 2.92 bits per heavy atom. The number of nitrogens with one attached hydrogen (secondary N) is 2. The van der Waals surface area contributed by atoms with Crippen molar-refractivity contribution in [3.8, 4) is 0 Å². The van der Waals surface area contributed by atoms with E-state index in [4.69, 9.17) is 21.8 Å². The summed E-state index contributed by atoms with van der Waals surface area (Å²) >= 11 is 5.93. The fourth-order valence-electron chi connectivity index (χ4n) is 2.34. The van der Waals surface area contributed by atoms with E-state index in [1.807, 2.05) is 13.0 Å². The van der Waals surface area contributed by atoms with E-state index < -0.39 is 5.82 Å². The second-order valence-corrected chi connectivity index (χ2v) is 5.63. The van der Waals surface area contributed by atoms with Crippen molar-refractivity contribution in [2.45, 2.75) is 32.4 Å². The van der Waals surface area contributed by atoms with Gasteiger partial charge in [0.15, 0.2) is 5.82 Å². The van der Waals surface area contributed by atoms with Crippen LogP contribution in [0.3, 0.4) is 0 Å². The van der Waals surface area contributed by atoms with E-state index in [1.54, 1.807) is 12.3 Å². The van der Waals surface area contributed by atoms with Gasteiger partial charge in [-0.2, -0.15) is 9.97 Å². The number of nitrogens with two attached hydrogens (primary N) is 1. The van der Waals surface area contributed by atoms with Crippen LogP contribution >= 0.6 is 24.0 Å². The molecule has 0 aliphatic carbocycles. The summed E-state index contributed by atoms with van der Waals surface area (Å²) in [4.78, 5) is 11.1. The number of aromatic amines is 1. The summed E-state index contributed by atoms with van der Waals surface area (Å²) in [5.41, 5.74) is 6.67. The van der Waals surface area contributed by atoms with Crippen molar-refractivity contribution >= 4 is 40.9 Å². The molecule has 1 atom stereocenters. The Morgan fingerprint density at radius 2 is 2.25 bits per heavy atom. The lowest BCUT2D eigenvalue weighted by atomic mass is 10.1. The highest BCUT2D eigenvalue weighted by Gasteiger charge is 2.19. The maximum absolute atomic E-state index is 14.7. The highest BCUT2D eigenvalue weighted by Crippen LogP contribution is 2.28. The molecule has 4 N–H and O–H groups in total. The van der Waals surface area contributed by atoms with Gasteiger partial charge < -0.3 is 20.5 Å². The number of anilines is 1. The summed E-state index contributed by atoms with van der Waals surface area (Å²) in [7, 11) is 0. The molecule has 0 amide bonds. The topological polar surface area (TPSA) is 92.8 Å². The molecule has 3 aromatic heterocycles. The van der Waals surface area contributed by atoms with Crippen molar-refractivity contribution in [1.82, 2.24) is 15.0 Å². The van der Waals surface area contributed by atoms with Crippen molar-refractivity contribution < 1.29 is 8.81 Å². The normalized spacial score (nSPS) is 12.2. The number of nitrogens with zero attached hydrogens (tertiary/aromatic N) is 2. The van der Waals surface area contributed by atoms with Crippen LogP contribution in [0.5, 0.6) is 0 Å². The van der Waals surface area contributed by atoms with Crippen LogP contribution in [0.25, 0.3) is 11.0 Å². The van der Waals surface area contributed by atoms with E-state index in [2.05, 4.69) is 20.3 Å². The van der Waals surface area contributed by atoms with Crippen molar-refractivity contribution in [3.63, 3.8) is 0 Å². The zero-order valence-electron chi connectivity index (χ0n) is 13.0. The van der Waals surface area contributed by atoms with Gasteiger partial charge in [0.1, 0.15) is 17.2 Å². The second kappa shape index (κ2) is 7.83. The van der Waals surface area contributed by atoms with E-state index in [-0.39, 0.29) is 29.1 Å². The SMILES string of the molecule is CC[C@H](N)Cc1[nH]c2nc(Cl)nc(NCc3ccco3)c2c1F.Cl. The lowest BCUT2D eigenvalue weighted by Crippen LogP contribution is -2.22. The molecule has 0 saturated heterocycles. The van der Waals surface area contributed by atoms with Crippen LogP contribution in [0.2, 0.25) is 5.28 Å². The largest absolute Gasteiger partial charge is 0.467 e. The zero-order valence-corrected chi connectivity index (χ0v) is 14.5. The Morgan fingerprint density at radius 1 is 1.46 bits per heavy atom. The first kappa shape index (κ1) is 18.5. The number of hydrogen-bond donors (Lipinski definition) is 3. The van der Waals surface area contributed by atoms with Gasteiger partial charge in [0.2, 0.25) is 5.28 Å². The summed E-state index contributed by atoms with van der Waals surface area (Å²) in [5.74, 6) is 0.626. The lowest BCUT2D eigenvalue weighted by molar-refractivity contribution is 0.518. The van der Waals surface area contributed by atoms with Gasteiger partial charge in [0, 0.05) is 12.5 Å². The van der Waals surface area contributed by atoms with Crippen LogP contribution < -0.4 is 11.1 Å². The fourth-order valence-corrected chi connectivity index (χ4v) is 2.51. The molecule has 0 aromatic carbocycles. The van der Waals surface area contributed by atoms with Crippen LogP contribution in [-0.2, 0) is 13.0 Å². The second-order valence-electron chi connectivity index (χ2n) is 5.29. The monoisotopic (exact) mass is 373 g/mol. The van der Waals surface area contributed by atoms with Crippen LogP contribution in [0.15, 0.2) is 22.8 Å². The average molecular weight is 374 g/mol. The average Bonchev–Trinajstić information content (AvgIpc) is 3.14. The molecule has 0 aliphatic heterocycles. The van der Waals surface area contributed by atoms with E-state index in [0.29, 0.717) is 35.9 Å². The number of furan rings is 1. The Labute approximate surface area is 149 Å². The first-order valence-corrected chi connectivity index (χ1v) is 7.71. The Hall–Kier alpha value is -1.83. The lowest BCUT2D eigenvalue weighted by Gasteiger charge is -2.06. The number of hydrogen-bond acceptors (Lipinski definition) is 5. The molecule has 0 aliphatic rings. The Kier molecular flexibility index (Phi) is 6.04. The summed E-state index contributed by atoms with van der Waals surface area (Å²) in [6.45, 7) is 2.32. The molecule has 0 fully saturated rings. The van der Waals surface area contributed by atoms with Gasteiger partial charge in [-0.15, -0.1) is 12.4 Å². The molecule has 130 valence electrons. The molecule has 6 nitrogen and oxygen atoms in total. The highest BCUT2D eigenvalue weighted by atomic mass is 35.5. The van der Waals surface area contributed by atoms with Gasteiger partial charge in [-0.3, -0.25) is 0 Å². The number of H-pyrrole nitrogens is 1. The summed E-state index contributed by atoms with van der Waals surface area (Å²) in [6, 6.07) is 3.47. The van der Waals surface area contributed by atoms with Gasteiger partial charge in [0.25, 0.3) is 0 Å². The van der Waals surface area contributed by atoms with Gasteiger partial charge >= 0.3 is 0 Å². The highest BCUT2D eigenvalue weighted by molar-refractivity contribution is 6.28. The minimum Gasteiger partial charge on any atom is -0.467 e. The van der Waals surface area contributed by atoms with E-state index in [9.17, 15) is 4.39 Å². The fraction of sp³-hybridized carbons (Fsp3) is 0.333. The van der Waals surface area contributed by atoms with Gasteiger partial charge in [-0.25, -0.2) is 4.39 Å². The maximum Gasteiger partial charge on any atom is 0.226 e.